The van der Waals surface area contributed by atoms with E-state index in [2.05, 4.69) is 45.7 Å². The molecule has 0 saturated carbocycles. The van der Waals surface area contributed by atoms with Gasteiger partial charge in [0.25, 0.3) is 0 Å². The van der Waals surface area contributed by atoms with Crippen LogP contribution in [0.1, 0.15) is 53.8 Å². The summed E-state index contributed by atoms with van der Waals surface area (Å²) in [6.45, 7) is 6.11. The van der Waals surface area contributed by atoms with Crippen LogP contribution in [0.15, 0.2) is 40.9 Å². The highest BCUT2D eigenvalue weighted by molar-refractivity contribution is 9.10. The summed E-state index contributed by atoms with van der Waals surface area (Å²) in [5.74, 6) is -0.0358. The van der Waals surface area contributed by atoms with Gasteiger partial charge in [0.2, 0.25) is 5.91 Å². The molecule has 0 saturated heterocycles. The quantitative estimate of drug-likeness (QED) is 0.520. The average molecular weight is 480 g/mol. The molecule has 1 amide bonds. The van der Waals surface area contributed by atoms with Crippen LogP contribution < -0.4 is 5.32 Å². The zero-order valence-corrected chi connectivity index (χ0v) is 19.5. The predicted molar refractivity (Wildman–Crippen MR) is 125 cm³/mol. The Bertz CT molecular complexity index is 1160. The second-order valence-corrected chi connectivity index (χ2v) is 8.91. The van der Waals surface area contributed by atoms with Gasteiger partial charge >= 0.3 is 0 Å². The minimum atomic E-state index is -0.307. The molecule has 160 valence electrons. The van der Waals surface area contributed by atoms with E-state index in [-0.39, 0.29) is 18.4 Å². The maximum absolute atomic E-state index is 12.8. The fraction of sp³-hybridized carbons (Fsp3) is 0.360. The smallest absolute Gasteiger partial charge is 0.223 e. The summed E-state index contributed by atoms with van der Waals surface area (Å²) in [6.07, 6.45) is 1.69. The molecule has 1 aliphatic rings. The van der Waals surface area contributed by atoms with Crippen LogP contribution in [0, 0.1) is 18.3 Å². The molecule has 2 aromatic carbocycles. The first-order chi connectivity index (χ1) is 15.0. The van der Waals surface area contributed by atoms with Crippen molar-refractivity contribution in [1.82, 2.24) is 9.88 Å². The third kappa shape index (κ3) is 4.26. The zero-order valence-electron chi connectivity index (χ0n) is 17.9. The molecule has 0 spiro atoms. The van der Waals surface area contributed by atoms with E-state index in [1.54, 1.807) is 0 Å². The van der Waals surface area contributed by atoms with Crippen LogP contribution in [-0.4, -0.2) is 17.1 Å². The van der Waals surface area contributed by atoms with Crippen molar-refractivity contribution in [2.75, 3.05) is 6.61 Å². The van der Waals surface area contributed by atoms with Crippen molar-refractivity contribution in [2.45, 2.75) is 52.3 Å². The largest absolute Gasteiger partial charge is 0.371 e. The molecule has 1 aliphatic heterocycles. The van der Waals surface area contributed by atoms with Gasteiger partial charge in [-0.1, -0.05) is 41.1 Å². The van der Waals surface area contributed by atoms with Crippen molar-refractivity contribution in [3.63, 3.8) is 0 Å². The van der Waals surface area contributed by atoms with Gasteiger partial charge in [0.1, 0.15) is 6.10 Å². The van der Waals surface area contributed by atoms with Crippen molar-refractivity contribution in [3.05, 3.63) is 68.8 Å². The number of amides is 1. The van der Waals surface area contributed by atoms with E-state index in [1.807, 2.05) is 36.4 Å². The second kappa shape index (κ2) is 9.25. The van der Waals surface area contributed by atoms with Crippen LogP contribution in [0.5, 0.6) is 0 Å². The van der Waals surface area contributed by atoms with Gasteiger partial charge in [-0.2, -0.15) is 5.26 Å². The highest BCUT2D eigenvalue weighted by atomic mass is 79.9. The normalized spacial score (nSPS) is 15.5. The molecular weight excluding hydrogens is 454 g/mol. The van der Waals surface area contributed by atoms with Gasteiger partial charge in [-0.3, -0.25) is 4.79 Å². The Hall–Kier alpha value is -2.62. The van der Waals surface area contributed by atoms with Crippen molar-refractivity contribution < 1.29 is 9.53 Å². The number of carbonyl (C=O) groups is 1. The summed E-state index contributed by atoms with van der Waals surface area (Å²) >= 11 is 3.43. The van der Waals surface area contributed by atoms with Crippen molar-refractivity contribution in [1.29, 1.82) is 5.26 Å². The zero-order chi connectivity index (χ0) is 22.0. The lowest BCUT2D eigenvalue weighted by Gasteiger charge is -2.26. The number of ether oxygens (including phenoxy) is 1. The van der Waals surface area contributed by atoms with Crippen LogP contribution in [0.4, 0.5) is 0 Å². The number of hydrogen-bond acceptors (Lipinski definition) is 3. The summed E-state index contributed by atoms with van der Waals surface area (Å²) in [4.78, 5) is 12.8. The van der Waals surface area contributed by atoms with Crippen LogP contribution in [-0.2, 0) is 29.0 Å². The lowest BCUT2D eigenvalue weighted by molar-refractivity contribution is -0.124. The fourth-order valence-corrected chi connectivity index (χ4v) is 4.78. The Morgan fingerprint density at radius 3 is 2.77 bits per heavy atom. The molecule has 31 heavy (non-hydrogen) atoms. The third-order valence-corrected chi connectivity index (χ3v) is 6.40. The number of nitrogens with zero attached hydrogens (tertiary/aromatic N) is 2. The van der Waals surface area contributed by atoms with Gasteiger partial charge in [0, 0.05) is 22.9 Å². The van der Waals surface area contributed by atoms with Crippen LogP contribution in [0.2, 0.25) is 0 Å². The first-order valence-electron chi connectivity index (χ1n) is 10.7. The Kier molecular flexibility index (Phi) is 6.45. The molecule has 3 aromatic rings. The van der Waals surface area contributed by atoms with Crippen molar-refractivity contribution in [2.24, 2.45) is 0 Å². The van der Waals surface area contributed by atoms with Gasteiger partial charge in [0.15, 0.2) is 0 Å². The number of fused-ring (bicyclic) bond motifs is 3. The second-order valence-electron chi connectivity index (χ2n) is 8.00. The predicted octanol–water partition coefficient (Wildman–Crippen LogP) is 5.31. The molecule has 5 nitrogen and oxygen atoms in total. The lowest BCUT2D eigenvalue weighted by atomic mass is 9.97. The number of benzene rings is 2. The number of carbonyl (C=O) groups excluding carboxylic acids is 1. The van der Waals surface area contributed by atoms with E-state index in [1.165, 1.54) is 5.56 Å². The molecule has 4 rings (SSSR count). The molecule has 1 N–H and O–H groups in total. The number of nitriles is 1. The molecule has 1 aromatic heterocycles. The molecule has 0 bridgehead atoms. The number of aromatic nitrogens is 1. The fourth-order valence-electron chi connectivity index (χ4n) is 4.51. The Morgan fingerprint density at radius 1 is 1.29 bits per heavy atom. The standard InChI is InChI=1S/C25H26BrN3O2/c1-3-11-29-24-16(2)4-7-18(14-27)23(24)20-10-12-31-21(25(20)29)13-22(30)28-15-17-5-8-19(26)9-6-17/h4-9,21H,3,10-13,15H2,1-2H3,(H,28,30)/t21-/m0/s1. The van der Waals surface area contributed by atoms with E-state index in [4.69, 9.17) is 4.74 Å². The van der Waals surface area contributed by atoms with Gasteiger partial charge < -0.3 is 14.6 Å². The number of hydrogen-bond donors (Lipinski definition) is 1. The first kappa shape index (κ1) is 21.6. The molecule has 0 radical (unpaired) electrons. The third-order valence-electron chi connectivity index (χ3n) is 5.87. The van der Waals surface area contributed by atoms with E-state index >= 15 is 0 Å². The number of halogens is 1. The highest BCUT2D eigenvalue weighted by Crippen LogP contribution is 2.40. The molecule has 1 atom stereocenters. The first-order valence-corrected chi connectivity index (χ1v) is 11.5. The molecule has 0 unspecified atom stereocenters. The maximum Gasteiger partial charge on any atom is 0.223 e. The molecule has 0 aliphatic carbocycles. The Morgan fingerprint density at radius 2 is 2.06 bits per heavy atom. The van der Waals surface area contributed by atoms with Crippen LogP contribution in [0.25, 0.3) is 10.9 Å². The minimum Gasteiger partial charge on any atom is -0.371 e. The molecular formula is C25H26BrN3O2. The van der Waals surface area contributed by atoms with Gasteiger partial charge in [-0.25, -0.2) is 0 Å². The summed E-state index contributed by atoms with van der Waals surface area (Å²) in [6, 6.07) is 14.2. The van der Waals surface area contributed by atoms with Gasteiger partial charge in [-0.15, -0.1) is 0 Å². The highest BCUT2D eigenvalue weighted by Gasteiger charge is 2.31. The van der Waals surface area contributed by atoms with Crippen molar-refractivity contribution >= 4 is 32.7 Å². The van der Waals surface area contributed by atoms with Crippen molar-refractivity contribution in [3.8, 4) is 6.07 Å². The van der Waals surface area contributed by atoms with E-state index < -0.39 is 0 Å². The Labute approximate surface area is 191 Å². The summed E-state index contributed by atoms with van der Waals surface area (Å²) in [7, 11) is 0. The van der Waals surface area contributed by atoms with Gasteiger partial charge in [0.05, 0.1) is 35.9 Å². The minimum absolute atomic E-state index is 0.0358. The summed E-state index contributed by atoms with van der Waals surface area (Å²) in [5, 5.41) is 13.8. The SMILES string of the molecule is CCCn1c2c(c3c(C#N)ccc(C)c31)CCO[C@H]2CC(=O)NCc1ccc(Br)cc1. The van der Waals surface area contributed by atoms with E-state index in [0.717, 1.165) is 51.6 Å². The molecule has 0 fully saturated rings. The van der Waals surface area contributed by atoms with E-state index in [0.29, 0.717) is 18.7 Å². The number of nitrogens with one attached hydrogen (secondary N) is 1. The molecule has 6 heteroatoms. The average Bonchev–Trinajstić information content (AvgIpc) is 3.10. The molecule has 2 heterocycles. The van der Waals surface area contributed by atoms with Crippen LogP contribution in [0.3, 0.4) is 0 Å². The summed E-state index contributed by atoms with van der Waals surface area (Å²) in [5.41, 5.74) is 6.24. The summed E-state index contributed by atoms with van der Waals surface area (Å²) < 4.78 is 9.40. The van der Waals surface area contributed by atoms with Crippen LogP contribution >= 0.6 is 15.9 Å². The topological polar surface area (TPSA) is 67.0 Å². The number of aryl methyl sites for hydroxylation is 2. The number of rotatable bonds is 6. The van der Waals surface area contributed by atoms with Gasteiger partial charge in [-0.05, 0) is 54.7 Å². The monoisotopic (exact) mass is 479 g/mol. The van der Waals surface area contributed by atoms with E-state index in [9.17, 15) is 10.1 Å². The maximum atomic E-state index is 12.8. The Balaban J connectivity index is 1.64. The lowest BCUT2D eigenvalue weighted by Crippen LogP contribution is -2.28.